The smallest absolute Gasteiger partial charge is 0.248 e. The number of sulfonamides is 1. The molecular weight excluding hydrogens is 367 g/mol. The van der Waals surface area contributed by atoms with E-state index in [0.717, 1.165) is 16.1 Å². The van der Waals surface area contributed by atoms with E-state index >= 15 is 0 Å². The lowest BCUT2D eigenvalue weighted by Crippen LogP contribution is -2.47. The van der Waals surface area contributed by atoms with Crippen molar-refractivity contribution in [2.24, 2.45) is 0 Å². The first-order chi connectivity index (χ1) is 12.6. The van der Waals surface area contributed by atoms with E-state index in [-0.39, 0.29) is 12.1 Å². The first kappa shape index (κ1) is 20.9. The summed E-state index contributed by atoms with van der Waals surface area (Å²) in [5.41, 5.74) is 1.98. The molecule has 0 fully saturated rings. The highest BCUT2D eigenvalue weighted by Crippen LogP contribution is 2.24. The van der Waals surface area contributed by atoms with Crippen LogP contribution in [0.2, 0.25) is 0 Å². The van der Waals surface area contributed by atoms with Gasteiger partial charge in [0.15, 0.2) is 0 Å². The van der Waals surface area contributed by atoms with Crippen LogP contribution in [0.4, 0.5) is 15.8 Å². The minimum atomic E-state index is -3.75. The molecule has 0 saturated carbocycles. The van der Waals surface area contributed by atoms with Crippen molar-refractivity contribution < 1.29 is 17.6 Å². The van der Waals surface area contributed by atoms with Crippen molar-refractivity contribution in [3.63, 3.8) is 0 Å². The topological polar surface area (TPSA) is 66.5 Å². The maximum atomic E-state index is 13.2. The second kappa shape index (κ2) is 8.52. The Bertz CT molecular complexity index is 878. The number of nitrogens with zero attached hydrogens (tertiary/aromatic N) is 1. The standard InChI is InChI=1S/C20H25FN2O3S/c1-5-19(20(24)22-17-10-6-15(7-11-17)14(2)3)23(27(4,25)26)18-12-8-16(21)9-13-18/h6-14,19H,5H2,1-4H3,(H,22,24)/t19-/m0/s1. The monoisotopic (exact) mass is 392 g/mol. The number of benzene rings is 2. The van der Waals surface area contributed by atoms with E-state index in [1.165, 1.54) is 24.3 Å². The molecule has 0 unspecified atom stereocenters. The van der Waals surface area contributed by atoms with Crippen LogP contribution in [0.5, 0.6) is 0 Å². The van der Waals surface area contributed by atoms with Crippen molar-refractivity contribution in [3.8, 4) is 0 Å². The zero-order chi connectivity index (χ0) is 20.2. The summed E-state index contributed by atoms with van der Waals surface area (Å²) in [4.78, 5) is 12.8. The summed E-state index contributed by atoms with van der Waals surface area (Å²) in [6, 6.07) is 11.5. The first-order valence-electron chi connectivity index (χ1n) is 8.79. The van der Waals surface area contributed by atoms with E-state index in [1.54, 1.807) is 19.1 Å². The Kier molecular flexibility index (Phi) is 6.59. The minimum Gasteiger partial charge on any atom is -0.324 e. The molecule has 0 aliphatic heterocycles. The van der Waals surface area contributed by atoms with Gasteiger partial charge in [-0.15, -0.1) is 0 Å². The molecule has 5 nitrogen and oxygen atoms in total. The van der Waals surface area contributed by atoms with Gasteiger partial charge in [0.2, 0.25) is 15.9 Å². The molecule has 27 heavy (non-hydrogen) atoms. The van der Waals surface area contributed by atoms with Gasteiger partial charge < -0.3 is 5.32 Å². The van der Waals surface area contributed by atoms with Gasteiger partial charge in [0.1, 0.15) is 11.9 Å². The third-order valence-corrected chi connectivity index (χ3v) is 5.44. The molecular formula is C20H25FN2O3S. The number of hydrogen-bond acceptors (Lipinski definition) is 3. The fourth-order valence-corrected chi connectivity index (χ4v) is 4.04. The second-order valence-corrected chi connectivity index (χ2v) is 8.58. The Labute approximate surface area is 160 Å². The van der Waals surface area contributed by atoms with Crippen LogP contribution in [0, 0.1) is 5.82 Å². The summed E-state index contributed by atoms with van der Waals surface area (Å²) in [5, 5.41) is 2.77. The molecule has 1 amide bonds. The third-order valence-electron chi connectivity index (χ3n) is 4.26. The lowest BCUT2D eigenvalue weighted by Gasteiger charge is -2.30. The lowest BCUT2D eigenvalue weighted by molar-refractivity contribution is -0.117. The number of halogens is 1. The van der Waals surface area contributed by atoms with Crippen molar-refractivity contribution in [2.45, 2.75) is 39.2 Å². The average molecular weight is 392 g/mol. The van der Waals surface area contributed by atoms with Gasteiger partial charge in [-0.2, -0.15) is 0 Å². The van der Waals surface area contributed by atoms with Crippen LogP contribution in [0.25, 0.3) is 0 Å². The highest BCUT2D eigenvalue weighted by Gasteiger charge is 2.31. The zero-order valence-corrected chi connectivity index (χ0v) is 16.8. The third kappa shape index (κ3) is 5.29. The minimum absolute atomic E-state index is 0.246. The highest BCUT2D eigenvalue weighted by molar-refractivity contribution is 7.92. The molecule has 2 aromatic carbocycles. The second-order valence-electron chi connectivity index (χ2n) is 6.73. The van der Waals surface area contributed by atoms with Crippen molar-refractivity contribution in [2.75, 3.05) is 15.9 Å². The van der Waals surface area contributed by atoms with Crippen LogP contribution in [-0.2, 0) is 14.8 Å². The maximum absolute atomic E-state index is 13.2. The molecule has 2 aromatic rings. The highest BCUT2D eigenvalue weighted by atomic mass is 32.2. The predicted molar refractivity (Wildman–Crippen MR) is 107 cm³/mol. The first-order valence-corrected chi connectivity index (χ1v) is 10.6. The number of nitrogens with one attached hydrogen (secondary N) is 1. The van der Waals surface area contributed by atoms with Crippen molar-refractivity contribution in [3.05, 3.63) is 59.9 Å². The van der Waals surface area contributed by atoms with Gasteiger partial charge in [-0.1, -0.05) is 32.9 Å². The molecule has 2 rings (SSSR count). The quantitative estimate of drug-likeness (QED) is 0.770. The number of amides is 1. The number of rotatable bonds is 7. The summed E-state index contributed by atoms with van der Waals surface area (Å²) in [5.74, 6) is -0.545. The van der Waals surface area contributed by atoms with Crippen LogP contribution < -0.4 is 9.62 Å². The lowest BCUT2D eigenvalue weighted by atomic mass is 10.0. The molecule has 0 aliphatic carbocycles. The average Bonchev–Trinajstić information content (AvgIpc) is 2.60. The molecule has 1 N–H and O–H groups in total. The number of carbonyl (C=O) groups excluding carboxylic acids is 1. The molecule has 0 heterocycles. The van der Waals surface area contributed by atoms with E-state index in [4.69, 9.17) is 0 Å². The van der Waals surface area contributed by atoms with Crippen molar-refractivity contribution >= 4 is 27.3 Å². The molecule has 0 aliphatic rings. The Morgan fingerprint density at radius 2 is 1.63 bits per heavy atom. The van der Waals surface area contributed by atoms with Gasteiger partial charge in [0.05, 0.1) is 11.9 Å². The molecule has 0 radical (unpaired) electrons. The molecule has 1 atom stereocenters. The van der Waals surface area contributed by atoms with E-state index in [0.29, 0.717) is 11.6 Å². The summed E-state index contributed by atoms with van der Waals surface area (Å²) in [7, 11) is -3.75. The molecule has 0 spiro atoms. The van der Waals surface area contributed by atoms with Crippen LogP contribution in [-0.4, -0.2) is 26.6 Å². The van der Waals surface area contributed by atoms with Crippen molar-refractivity contribution in [1.29, 1.82) is 0 Å². The summed E-state index contributed by atoms with van der Waals surface area (Å²) in [6.45, 7) is 5.88. The Hall–Kier alpha value is -2.41. The van der Waals surface area contributed by atoms with Crippen LogP contribution >= 0.6 is 0 Å². The molecule has 0 aromatic heterocycles. The maximum Gasteiger partial charge on any atom is 0.248 e. The zero-order valence-electron chi connectivity index (χ0n) is 15.9. The van der Waals surface area contributed by atoms with Gasteiger partial charge in [-0.25, -0.2) is 12.8 Å². The largest absolute Gasteiger partial charge is 0.324 e. The fourth-order valence-electron chi connectivity index (χ4n) is 2.83. The molecule has 7 heteroatoms. The van der Waals surface area contributed by atoms with E-state index in [2.05, 4.69) is 19.2 Å². The molecule has 0 saturated heterocycles. The van der Waals surface area contributed by atoms with Crippen LogP contribution in [0.15, 0.2) is 48.5 Å². The summed E-state index contributed by atoms with van der Waals surface area (Å²) >= 11 is 0. The van der Waals surface area contributed by atoms with Crippen molar-refractivity contribution in [1.82, 2.24) is 0 Å². The van der Waals surface area contributed by atoms with Gasteiger partial charge in [-0.05, 0) is 54.3 Å². The van der Waals surface area contributed by atoms with Gasteiger partial charge in [0.25, 0.3) is 0 Å². The summed E-state index contributed by atoms with van der Waals surface area (Å²) < 4.78 is 38.9. The van der Waals surface area contributed by atoms with E-state index in [9.17, 15) is 17.6 Å². The van der Waals surface area contributed by atoms with Gasteiger partial charge in [0, 0.05) is 5.69 Å². The van der Waals surface area contributed by atoms with Crippen LogP contribution in [0.3, 0.4) is 0 Å². The normalized spacial score (nSPS) is 12.7. The van der Waals surface area contributed by atoms with Gasteiger partial charge >= 0.3 is 0 Å². The number of carbonyl (C=O) groups is 1. The Morgan fingerprint density at radius 3 is 2.07 bits per heavy atom. The Balaban J connectivity index is 2.30. The number of hydrogen-bond donors (Lipinski definition) is 1. The predicted octanol–water partition coefficient (Wildman–Crippen LogP) is 4.13. The number of anilines is 2. The Morgan fingerprint density at radius 1 is 1.07 bits per heavy atom. The molecule has 146 valence electrons. The van der Waals surface area contributed by atoms with Gasteiger partial charge in [-0.3, -0.25) is 9.10 Å². The van der Waals surface area contributed by atoms with E-state index in [1.807, 2.05) is 12.1 Å². The fraction of sp³-hybridized carbons (Fsp3) is 0.350. The molecule has 0 bridgehead atoms. The SMILES string of the molecule is CC[C@@H](C(=O)Nc1ccc(C(C)C)cc1)N(c1ccc(F)cc1)S(C)(=O)=O. The van der Waals surface area contributed by atoms with Crippen LogP contribution in [0.1, 0.15) is 38.7 Å². The van der Waals surface area contributed by atoms with E-state index < -0.39 is 27.8 Å². The summed E-state index contributed by atoms with van der Waals surface area (Å²) in [6.07, 6.45) is 1.30.